The highest BCUT2D eigenvalue weighted by Gasteiger charge is 2.35. The van der Waals surface area contributed by atoms with Crippen LogP contribution in [0.15, 0.2) is 48.9 Å². The van der Waals surface area contributed by atoms with Crippen molar-refractivity contribution in [3.05, 3.63) is 65.9 Å². The maximum Gasteiger partial charge on any atom is 0.416 e. The van der Waals surface area contributed by atoms with E-state index in [9.17, 15) is 18.0 Å². The second kappa shape index (κ2) is 11.1. The van der Waals surface area contributed by atoms with Crippen molar-refractivity contribution in [2.24, 2.45) is 0 Å². The average molecular weight is 597 g/mol. The number of alkyl halides is 3. The second-order valence-electron chi connectivity index (χ2n) is 11.4. The minimum absolute atomic E-state index is 0.0541. The monoisotopic (exact) mass is 596 g/mol. The van der Waals surface area contributed by atoms with Gasteiger partial charge in [-0.2, -0.15) is 13.2 Å². The number of aromatic nitrogens is 3. The maximum absolute atomic E-state index is 15.2. The molecule has 4 aromatic rings. The van der Waals surface area contributed by atoms with Crippen molar-refractivity contribution in [2.75, 3.05) is 43.6 Å². The fourth-order valence-corrected chi connectivity index (χ4v) is 5.70. The molecule has 226 valence electrons. The van der Waals surface area contributed by atoms with Crippen molar-refractivity contribution in [3.8, 4) is 11.1 Å². The molecule has 2 amide bonds. The van der Waals surface area contributed by atoms with Gasteiger partial charge in [0.05, 0.1) is 16.6 Å². The van der Waals surface area contributed by atoms with Gasteiger partial charge in [-0.3, -0.25) is 4.90 Å². The van der Waals surface area contributed by atoms with Crippen molar-refractivity contribution in [3.63, 3.8) is 0 Å². The number of carbonyl (C=O) groups is 1. The summed E-state index contributed by atoms with van der Waals surface area (Å²) in [6.45, 7) is 1.54. The molecular weight excluding hydrogens is 564 g/mol. The summed E-state index contributed by atoms with van der Waals surface area (Å²) in [5, 5.41) is 5.42. The largest absolute Gasteiger partial charge is 0.416 e. The number of carbonyl (C=O) groups excluding carboxylic acids is 1. The van der Waals surface area contributed by atoms with Crippen LogP contribution < -0.4 is 16.4 Å². The third-order valence-electron chi connectivity index (χ3n) is 8.15. The quantitative estimate of drug-likeness (QED) is 0.228. The first-order chi connectivity index (χ1) is 20.5. The fraction of sp³-hybridized carbons (Fsp3) is 0.367. The minimum Gasteiger partial charge on any atom is -0.383 e. The molecule has 1 saturated heterocycles. The molecule has 2 aromatic carbocycles. The molecule has 4 N–H and O–H groups in total. The Morgan fingerprint density at radius 1 is 1.09 bits per heavy atom. The Balaban J connectivity index is 1.17. The molecule has 2 aliphatic rings. The van der Waals surface area contributed by atoms with Crippen LogP contribution in [0.3, 0.4) is 0 Å². The SMILES string of the molecule is CN(C)C1CCN(Cc2ccc(NC(=O)Nc3ccc(-c4cn(C5CC5)c5ncnc(N)c45)cc3F)cc2C(F)(F)F)C1. The zero-order valence-corrected chi connectivity index (χ0v) is 23.7. The summed E-state index contributed by atoms with van der Waals surface area (Å²) in [4.78, 5) is 25.2. The van der Waals surface area contributed by atoms with E-state index in [1.165, 1.54) is 30.6 Å². The number of nitrogens with one attached hydrogen (secondary N) is 2. The highest BCUT2D eigenvalue weighted by molar-refractivity contribution is 6.02. The number of hydrogen-bond acceptors (Lipinski definition) is 6. The van der Waals surface area contributed by atoms with Gasteiger partial charge in [0.25, 0.3) is 0 Å². The number of nitrogens with zero attached hydrogens (tertiary/aromatic N) is 5. The molecule has 6 rings (SSSR count). The third-order valence-corrected chi connectivity index (χ3v) is 8.15. The number of anilines is 3. The van der Waals surface area contributed by atoms with Gasteiger partial charge in [-0.25, -0.2) is 19.2 Å². The number of benzene rings is 2. The van der Waals surface area contributed by atoms with E-state index in [0.717, 1.165) is 25.3 Å². The van der Waals surface area contributed by atoms with Crippen LogP contribution in [0.4, 0.5) is 39.5 Å². The van der Waals surface area contributed by atoms with Gasteiger partial charge >= 0.3 is 12.2 Å². The molecule has 2 fully saturated rings. The summed E-state index contributed by atoms with van der Waals surface area (Å²) in [6.07, 6.45) is 1.59. The number of urea groups is 1. The topological polar surface area (TPSA) is 104 Å². The van der Waals surface area contributed by atoms with Gasteiger partial charge in [0.2, 0.25) is 0 Å². The molecular formula is C30H32F4N8O. The van der Waals surface area contributed by atoms with E-state index in [1.54, 1.807) is 6.07 Å². The summed E-state index contributed by atoms with van der Waals surface area (Å²) in [5.74, 6) is -0.438. The Labute approximate surface area is 245 Å². The number of halogens is 4. The van der Waals surface area contributed by atoms with Crippen molar-refractivity contribution < 1.29 is 22.4 Å². The van der Waals surface area contributed by atoms with Gasteiger partial charge in [0.15, 0.2) is 0 Å². The Bertz CT molecular complexity index is 1680. The van der Waals surface area contributed by atoms with Crippen LogP contribution in [-0.2, 0) is 12.7 Å². The lowest BCUT2D eigenvalue weighted by atomic mass is 10.1. The lowest BCUT2D eigenvalue weighted by molar-refractivity contribution is -0.138. The summed E-state index contributed by atoms with van der Waals surface area (Å²) in [6, 6.07) is 7.74. The molecule has 1 atom stereocenters. The van der Waals surface area contributed by atoms with Gasteiger partial charge in [-0.15, -0.1) is 0 Å². The zero-order chi connectivity index (χ0) is 30.5. The van der Waals surface area contributed by atoms with E-state index < -0.39 is 23.6 Å². The lowest BCUT2D eigenvalue weighted by Gasteiger charge is -2.22. The second-order valence-corrected chi connectivity index (χ2v) is 11.4. The first kappa shape index (κ1) is 28.9. The first-order valence-corrected chi connectivity index (χ1v) is 14.1. The highest BCUT2D eigenvalue weighted by Crippen LogP contribution is 2.42. The molecule has 43 heavy (non-hydrogen) atoms. The van der Waals surface area contributed by atoms with Gasteiger partial charge in [-0.05, 0) is 68.8 Å². The summed E-state index contributed by atoms with van der Waals surface area (Å²) >= 11 is 0. The zero-order valence-electron chi connectivity index (χ0n) is 23.7. The maximum atomic E-state index is 15.2. The highest BCUT2D eigenvalue weighted by atomic mass is 19.4. The van der Waals surface area contributed by atoms with Crippen molar-refractivity contribution >= 4 is 34.3 Å². The third kappa shape index (κ3) is 6.00. The summed E-state index contributed by atoms with van der Waals surface area (Å²) in [5.41, 5.74) is 7.14. The molecule has 0 radical (unpaired) electrons. The van der Waals surface area contributed by atoms with Gasteiger partial charge in [0.1, 0.15) is 23.6 Å². The molecule has 0 spiro atoms. The van der Waals surface area contributed by atoms with Crippen molar-refractivity contribution in [1.29, 1.82) is 0 Å². The number of nitrogen functional groups attached to an aromatic ring is 1. The molecule has 1 unspecified atom stereocenters. The fourth-order valence-electron chi connectivity index (χ4n) is 5.70. The number of rotatable bonds is 7. The molecule has 13 heteroatoms. The van der Waals surface area contributed by atoms with Gasteiger partial charge in [0, 0.05) is 49.2 Å². The molecule has 3 heterocycles. The lowest BCUT2D eigenvalue weighted by Crippen LogP contribution is -2.31. The van der Waals surface area contributed by atoms with Crippen LogP contribution in [0.2, 0.25) is 0 Å². The molecule has 1 aliphatic heterocycles. The van der Waals surface area contributed by atoms with Crippen LogP contribution in [-0.4, -0.2) is 63.6 Å². The molecule has 1 saturated carbocycles. The van der Waals surface area contributed by atoms with E-state index in [2.05, 4.69) is 25.5 Å². The van der Waals surface area contributed by atoms with E-state index in [-0.39, 0.29) is 29.3 Å². The smallest absolute Gasteiger partial charge is 0.383 e. The van der Waals surface area contributed by atoms with Crippen LogP contribution >= 0.6 is 0 Å². The summed E-state index contributed by atoms with van der Waals surface area (Å²) in [7, 11) is 3.92. The van der Waals surface area contributed by atoms with E-state index in [1.807, 2.05) is 29.8 Å². The standard InChI is InChI=1S/C30H32F4N8O/c1-40(2)21-9-10-41(14-21)13-18-3-5-19(12-23(18)30(32,33)34)38-29(43)39-25-8-4-17(11-24(25)31)22-15-42(20-6-7-20)28-26(22)27(35)36-16-37-28/h3-5,8,11-12,15-16,20-21H,6-7,9-10,13-14H2,1-2H3,(H2,35,36,37)(H2,38,39,43). The normalized spacial score (nSPS) is 17.6. The van der Waals surface area contributed by atoms with E-state index in [0.29, 0.717) is 47.3 Å². The van der Waals surface area contributed by atoms with Gasteiger partial charge < -0.3 is 25.8 Å². The Hall–Kier alpha value is -4.23. The Morgan fingerprint density at radius 3 is 2.56 bits per heavy atom. The molecule has 9 nitrogen and oxygen atoms in total. The number of nitrogens with two attached hydrogens (primary N) is 1. The van der Waals surface area contributed by atoms with Crippen LogP contribution in [0.1, 0.15) is 36.4 Å². The van der Waals surface area contributed by atoms with E-state index >= 15 is 4.39 Å². The molecule has 2 aromatic heterocycles. The van der Waals surface area contributed by atoms with Crippen molar-refractivity contribution in [1.82, 2.24) is 24.3 Å². The number of fused-ring (bicyclic) bond motifs is 1. The number of likely N-dealkylation sites (N-methyl/N-ethyl adjacent to an activating group) is 1. The predicted octanol–water partition coefficient (Wildman–Crippen LogP) is 5.95. The number of amides is 2. The first-order valence-electron chi connectivity index (χ1n) is 14.1. The minimum atomic E-state index is -4.61. The van der Waals surface area contributed by atoms with Crippen molar-refractivity contribution in [2.45, 2.75) is 44.1 Å². The average Bonchev–Trinajstić information content (AvgIpc) is 3.54. The molecule has 0 bridgehead atoms. The van der Waals surface area contributed by atoms with Gasteiger partial charge in [-0.1, -0.05) is 12.1 Å². The predicted molar refractivity (Wildman–Crippen MR) is 157 cm³/mol. The Kier molecular flexibility index (Phi) is 7.46. The van der Waals surface area contributed by atoms with Crippen LogP contribution in [0.5, 0.6) is 0 Å². The Morgan fingerprint density at radius 2 is 1.88 bits per heavy atom. The summed E-state index contributed by atoms with van der Waals surface area (Å²) < 4.78 is 59.1. The number of hydrogen-bond donors (Lipinski definition) is 3. The van der Waals surface area contributed by atoms with E-state index in [4.69, 9.17) is 5.73 Å². The van der Waals surface area contributed by atoms with Crippen LogP contribution in [0, 0.1) is 5.82 Å². The number of likely N-dealkylation sites (tertiary alicyclic amines) is 1. The van der Waals surface area contributed by atoms with Crippen LogP contribution in [0.25, 0.3) is 22.2 Å². The molecule has 1 aliphatic carbocycles.